The van der Waals surface area contributed by atoms with E-state index in [-0.39, 0.29) is 0 Å². The highest BCUT2D eigenvalue weighted by molar-refractivity contribution is 5.82. The van der Waals surface area contributed by atoms with Gasteiger partial charge in [-0.15, -0.1) is 0 Å². The average Bonchev–Trinajstić information content (AvgIpc) is 3.29. The fourth-order valence-corrected chi connectivity index (χ4v) is 3.59. The van der Waals surface area contributed by atoms with E-state index in [0.29, 0.717) is 45.6 Å². The van der Waals surface area contributed by atoms with Gasteiger partial charge in [0, 0.05) is 16.7 Å². The minimum atomic E-state index is -4.46. The van der Waals surface area contributed by atoms with Crippen molar-refractivity contribution in [3.63, 3.8) is 0 Å². The molecule has 0 fully saturated rings. The van der Waals surface area contributed by atoms with E-state index < -0.39 is 11.7 Å². The van der Waals surface area contributed by atoms with Gasteiger partial charge in [-0.05, 0) is 24.3 Å². The standard InChI is InChI=1S/C25H21F3N2O3/c1-31-19-13-17(14-20(32-2)23(19)33-3)24-29-21(15-8-5-4-6-9-15)22(30-24)16-10-7-11-18(12-16)25(26,27)28/h4-14H,1-3H3,(H,29,30). The Labute approximate surface area is 188 Å². The van der Waals surface area contributed by atoms with E-state index in [1.54, 1.807) is 18.2 Å². The summed E-state index contributed by atoms with van der Waals surface area (Å²) in [6.07, 6.45) is -4.46. The summed E-state index contributed by atoms with van der Waals surface area (Å²) < 4.78 is 56.3. The van der Waals surface area contributed by atoms with E-state index >= 15 is 0 Å². The maximum absolute atomic E-state index is 13.3. The van der Waals surface area contributed by atoms with Crippen molar-refractivity contribution in [3.05, 3.63) is 72.3 Å². The highest BCUT2D eigenvalue weighted by Crippen LogP contribution is 2.42. The van der Waals surface area contributed by atoms with Crippen molar-refractivity contribution >= 4 is 0 Å². The Kier molecular flexibility index (Phi) is 6.00. The molecule has 4 aromatic rings. The van der Waals surface area contributed by atoms with Gasteiger partial charge < -0.3 is 19.2 Å². The molecule has 0 unspecified atom stereocenters. The molecular formula is C25H21F3N2O3. The lowest BCUT2D eigenvalue weighted by atomic mass is 10.0. The van der Waals surface area contributed by atoms with Crippen LogP contribution in [-0.4, -0.2) is 31.3 Å². The number of imidazole rings is 1. The van der Waals surface area contributed by atoms with Gasteiger partial charge in [-0.3, -0.25) is 0 Å². The summed E-state index contributed by atoms with van der Waals surface area (Å²) in [5.41, 5.74) is 2.01. The molecule has 0 aliphatic carbocycles. The lowest BCUT2D eigenvalue weighted by molar-refractivity contribution is -0.137. The van der Waals surface area contributed by atoms with Gasteiger partial charge >= 0.3 is 6.18 Å². The zero-order chi connectivity index (χ0) is 23.6. The molecule has 5 nitrogen and oxygen atoms in total. The average molecular weight is 454 g/mol. The predicted molar refractivity (Wildman–Crippen MR) is 120 cm³/mol. The summed E-state index contributed by atoms with van der Waals surface area (Å²) in [5.74, 6) is 1.74. The summed E-state index contributed by atoms with van der Waals surface area (Å²) >= 11 is 0. The summed E-state index contributed by atoms with van der Waals surface area (Å²) in [6, 6.07) is 17.9. The molecular weight excluding hydrogens is 433 g/mol. The topological polar surface area (TPSA) is 56.4 Å². The van der Waals surface area contributed by atoms with Gasteiger partial charge in [0.1, 0.15) is 5.82 Å². The Morgan fingerprint density at radius 1 is 0.727 bits per heavy atom. The number of benzene rings is 3. The summed E-state index contributed by atoms with van der Waals surface area (Å²) in [7, 11) is 4.52. The van der Waals surface area contributed by atoms with Crippen molar-refractivity contribution in [2.24, 2.45) is 0 Å². The van der Waals surface area contributed by atoms with Crippen LogP contribution in [0.3, 0.4) is 0 Å². The van der Waals surface area contributed by atoms with Crippen LogP contribution in [0, 0.1) is 0 Å². The number of aromatic amines is 1. The molecule has 1 heterocycles. The third-order valence-electron chi connectivity index (χ3n) is 5.17. The second kappa shape index (κ2) is 8.90. The fourth-order valence-electron chi connectivity index (χ4n) is 3.59. The molecule has 0 saturated heterocycles. The first kappa shape index (κ1) is 22.3. The first-order valence-electron chi connectivity index (χ1n) is 9.99. The normalized spacial score (nSPS) is 11.3. The van der Waals surface area contributed by atoms with Gasteiger partial charge in [0.15, 0.2) is 11.5 Å². The molecule has 0 aliphatic rings. The van der Waals surface area contributed by atoms with E-state index in [1.807, 2.05) is 30.3 Å². The molecule has 3 aromatic carbocycles. The molecule has 0 amide bonds. The maximum Gasteiger partial charge on any atom is 0.416 e. The van der Waals surface area contributed by atoms with Crippen LogP contribution >= 0.6 is 0 Å². The Morgan fingerprint density at radius 3 is 1.94 bits per heavy atom. The third kappa shape index (κ3) is 4.37. The van der Waals surface area contributed by atoms with Crippen molar-refractivity contribution in [2.45, 2.75) is 6.18 Å². The molecule has 0 aliphatic heterocycles. The smallest absolute Gasteiger partial charge is 0.416 e. The zero-order valence-electron chi connectivity index (χ0n) is 18.2. The second-order valence-electron chi connectivity index (χ2n) is 7.17. The van der Waals surface area contributed by atoms with Gasteiger partial charge in [0.2, 0.25) is 5.75 Å². The largest absolute Gasteiger partial charge is 0.493 e. The van der Waals surface area contributed by atoms with Gasteiger partial charge in [0.25, 0.3) is 0 Å². The van der Waals surface area contributed by atoms with Crippen molar-refractivity contribution in [1.82, 2.24) is 9.97 Å². The highest BCUT2D eigenvalue weighted by Gasteiger charge is 2.31. The summed E-state index contributed by atoms with van der Waals surface area (Å²) in [6.45, 7) is 0. The molecule has 0 saturated carbocycles. The number of alkyl halides is 3. The quantitative estimate of drug-likeness (QED) is 0.364. The third-order valence-corrected chi connectivity index (χ3v) is 5.17. The Bertz CT molecular complexity index is 1240. The summed E-state index contributed by atoms with van der Waals surface area (Å²) in [5, 5.41) is 0. The van der Waals surface area contributed by atoms with Crippen molar-refractivity contribution < 1.29 is 27.4 Å². The molecule has 8 heteroatoms. The first-order valence-corrected chi connectivity index (χ1v) is 9.99. The lowest BCUT2D eigenvalue weighted by Crippen LogP contribution is -2.04. The Morgan fingerprint density at radius 2 is 1.36 bits per heavy atom. The van der Waals surface area contributed by atoms with Crippen LogP contribution in [0.5, 0.6) is 17.2 Å². The predicted octanol–water partition coefficient (Wildman–Crippen LogP) is 6.46. The molecule has 0 spiro atoms. The van der Waals surface area contributed by atoms with Crippen LogP contribution in [0.1, 0.15) is 5.56 Å². The number of ether oxygens (including phenoxy) is 3. The SMILES string of the molecule is COc1cc(-c2nc(-c3cccc(C(F)(F)F)c3)c(-c3ccccc3)[nH]2)cc(OC)c1OC. The molecule has 4 rings (SSSR count). The molecule has 0 radical (unpaired) electrons. The lowest BCUT2D eigenvalue weighted by Gasteiger charge is -2.13. The molecule has 0 bridgehead atoms. The molecule has 1 N–H and O–H groups in total. The number of hydrogen-bond acceptors (Lipinski definition) is 4. The maximum atomic E-state index is 13.3. The van der Waals surface area contributed by atoms with Crippen LogP contribution in [0.25, 0.3) is 33.9 Å². The van der Waals surface area contributed by atoms with Gasteiger partial charge in [0.05, 0.1) is 38.3 Å². The number of rotatable bonds is 6. The van der Waals surface area contributed by atoms with Crippen LogP contribution in [0.2, 0.25) is 0 Å². The Hall–Kier alpha value is -3.94. The van der Waals surface area contributed by atoms with Crippen LogP contribution in [-0.2, 0) is 6.18 Å². The van der Waals surface area contributed by atoms with E-state index in [9.17, 15) is 13.2 Å². The van der Waals surface area contributed by atoms with Crippen molar-refractivity contribution in [1.29, 1.82) is 0 Å². The van der Waals surface area contributed by atoms with E-state index in [4.69, 9.17) is 14.2 Å². The van der Waals surface area contributed by atoms with E-state index in [2.05, 4.69) is 9.97 Å². The number of methoxy groups -OCH3 is 3. The molecule has 170 valence electrons. The fraction of sp³-hybridized carbons (Fsp3) is 0.160. The molecule has 1 aromatic heterocycles. The van der Waals surface area contributed by atoms with Gasteiger partial charge in [-0.1, -0.05) is 42.5 Å². The van der Waals surface area contributed by atoms with Crippen molar-refractivity contribution in [3.8, 4) is 51.2 Å². The molecule has 33 heavy (non-hydrogen) atoms. The minimum Gasteiger partial charge on any atom is -0.493 e. The van der Waals surface area contributed by atoms with Crippen LogP contribution in [0.15, 0.2) is 66.7 Å². The second-order valence-corrected chi connectivity index (χ2v) is 7.17. The summed E-state index contributed by atoms with van der Waals surface area (Å²) in [4.78, 5) is 7.95. The number of nitrogens with one attached hydrogen (secondary N) is 1. The minimum absolute atomic E-state index is 0.346. The van der Waals surface area contributed by atoms with Gasteiger partial charge in [-0.25, -0.2) is 4.98 Å². The first-order chi connectivity index (χ1) is 15.9. The molecule has 0 atom stereocenters. The number of H-pyrrole nitrogens is 1. The van der Waals surface area contributed by atoms with Crippen LogP contribution in [0.4, 0.5) is 13.2 Å². The number of aromatic nitrogens is 2. The van der Waals surface area contributed by atoms with Gasteiger partial charge in [-0.2, -0.15) is 13.2 Å². The van der Waals surface area contributed by atoms with E-state index in [0.717, 1.165) is 17.7 Å². The Balaban J connectivity index is 1.93. The highest BCUT2D eigenvalue weighted by atomic mass is 19.4. The van der Waals surface area contributed by atoms with Crippen molar-refractivity contribution in [2.75, 3.05) is 21.3 Å². The zero-order valence-corrected chi connectivity index (χ0v) is 18.2. The monoisotopic (exact) mass is 454 g/mol. The van der Waals surface area contributed by atoms with E-state index in [1.165, 1.54) is 27.4 Å². The number of halogens is 3. The number of nitrogens with zero attached hydrogens (tertiary/aromatic N) is 1. The number of hydrogen-bond donors (Lipinski definition) is 1. The van der Waals surface area contributed by atoms with Crippen LogP contribution < -0.4 is 14.2 Å².